The average molecular weight is 201 g/mol. The van der Waals surface area contributed by atoms with E-state index in [4.69, 9.17) is 4.84 Å². The van der Waals surface area contributed by atoms with Gasteiger partial charge in [-0.1, -0.05) is 6.92 Å². The molecule has 0 aliphatic heterocycles. The van der Waals surface area contributed by atoms with Gasteiger partial charge in [0, 0.05) is 0 Å². The fourth-order valence-corrected chi connectivity index (χ4v) is 1.51. The fourth-order valence-electron chi connectivity index (χ4n) is 1.51. The van der Waals surface area contributed by atoms with E-state index in [1.54, 1.807) is 14.1 Å². The molecular formula is C9H19N3O2. The summed E-state index contributed by atoms with van der Waals surface area (Å²) >= 11 is 0. The minimum absolute atomic E-state index is 0.127. The van der Waals surface area contributed by atoms with Crippen LogP contribution in [-0.2, 0) is 4.84 Å². The highest BCUT2D eigenvalue weighted by atomic mass is 16.7. The smallest absolute Gasteiger partial charge is 0.233 e. The van der Waals surface area contributed by atoms with Gasteiger partial charge in [0.15, 0.2) is 0 Å². The molecule has 1 fully saturated rings. The van der Waals surface area contributed by atoms with Crippen molar-refractivity contribution in [3.05, 3.63) is 5.21 Å². The third-order valence-electron chi connectivity index (χ3n) is 2.57. The summed E-state index contributed by atoms with van der Waals surface area (Å²) in [5, 5.41) is 15.8. The Labute approximate surface area is 84.9 Å². The van der Waals surface area contributed by atoms with Gasteiger partial charge in [-0.05, 0) is 31.6 Å². The lowest BCUT2D eigenvalue weighted by Gasteiger charge is -2.23. The van der Waals surface area contributed by atoms with E-state index in [2.05, 4.69) is 12.2 Å². The quantitative estimate of drug-likeness (QED) is 0.398. The maximum absolute atomic E-state index is 11.0. The summed E-state index contributed by atoms with van der Waals surface area (Å²) in [5.74, 6) is 0.784. The molecule has 0 amide bonds. The Morgan fingerprint density at radius 3 is 2.36 bits per heavy atom. The second kappa shape index (κ2) is 5.02. The van der Waals surface area contributed by atoms with Crippen molar-refractivity contribution in [2.45, 2.75) is 38.7 Å². The van der Waals surface area contributed by atoms with Crippen molar-refractivity contribution in [3.63, 3.8) is 0 Å². The Bertz CT molecular complexity index is 198. The van der Waals surface area contributed by atoms with E-state index in [9.17, 15) is 5.21 Å². The highest BCUT2D eigenvalue weighted by molar-refractivity contribution is 4.68. The fraction of sp³-hybridized carbons (Fsp3) is 1.00. The molecule has 82 valence electrons. The van der Waals surface area contributed by atoms with Crippen LogP contribution in [0.1, 0.15) is 32.6 Å². The molecule has 0 atom stereocenters. The second-order valence-electron chi connectivity index (χ2n) is 4.17. The lowest BCUT2D eigenvalue weighted by atomic mass is 9.89. The minimum atomic E-state index is 0.127. The van der Waals surface area contributed by atoms with E-state index in [-0.39, 0.29) is 6.10 Å². The Kier molecular flexibility index (Phi) is 3.98. The van der Waals surface area contributed by atoms with Crippen LogP contribution >= 0.6 is 0 Å². The van der Waals surface area contributed by atoms with E-state index in [1.165, 1.54) is 17.9 Å². The lowest BCUT2D eigenvalue weighted by Crippen LogP contribution is -2.24. The number of hydrogen-bond acceptors (Lipinski definition) is 3. The van der Waals surface area contributed by atoms with Crippen LogP contribution in [0.25, 0.3) is 0 Å². The topological polar surface area (TPSA) is 50.9 Å². The van der Waals surface area contributed by atoms with Crippen molar-refractivity contribution in [2.75, 3.05) is 14.1 Å². The molecule has 0 aromatic carbocycles. The minimum Gasteiger partial charge on any atom is -0.569 e. The molecule has 1 aliphatic rings. The molecule has 0 heterocycles. The summed E-state index contributed by atoms with van der Waals surface area (Å²) in [6, 6.07) is 0. The molecule has 0 aromatic rings. The summed E-state index contributed by atoms with van der Waals surface area (Å²) in [6.45, 7) is 2.24. The normalized spacial score (nSPS) is 28.6. The van der Waals surface area contributed by atoms with E-state index < -0.39 is 0 Å². The van der Waals surface area contributed by atoms with Crippen LogP contribution in [0.15, 0.2) is 5.28 Å². The molecule has 0 unspecified atom stereocenters. The molecule has 0 saturated heterocycles. The van der Waals surface area contributed by atoms with Crippen molar-refractivity contribution in [2.24, 2.45) is 11.2 Å². The van der Waals surface area contributed by atoms with Crippen LogP contribution < -0.4 is 0 Å². The molecule has 5 nitrogen and oxygen atoms in total. The first kappa shape index (κ1) is 11.1. The maximum atomic E-state index is 11.0. The lowest BCUT2D eigenvalue weighted by molar-refractivity contribution is -0.701. The third-order valence-corrected chi connectivity index (χ3v) is 2.57. The van der Waals surface area contributed by atoms with Gasteiger partial charge < -0.3 is 10.0 Å². The van der Waals surface area contributed by atoms with Crippen LogP contribution in [0.3, 0.4) is 0 Å². The largest absolute Gasteiger partial charge is 0.569 e. The summed E-state index contributed by atoms with van der Waals surface area (Å²) in [7, 11) is 3.26. The van der Waals surface area contributed by atoms with Gasteiger partial charge in [-0.15, -0.1) is 0 Å². The van der Waals surface area contributed by atoms with Crippen LogP contribution in [0.5, 0.6) is 0 Å². The van der Waals surface area contributed by atoms with E-state index in [0.717, 1.165) is 18.8 Å². The summed E-state index contributed by atoms with van der Waals surface area (Å²) in [5.41, 5.74) is 0. The average Bonchev–Trinajstić information content (AvgIpc) is 2.16. The van der Waals surface area contributed by atoms with Crippen molar-refractivity contribution in [1.82, 2.24) is 5.01 Å². The van der Waals surface area contributed by atoms with Gasteiger partial charge in [-0.3, -0.25) is 0 Å². The number of rotatable bonds is 3. The molecule has 1 rings (SSSR count). The zero-order chi connectivity index (χ0) is 10.6. The van der Waals surface area contributed by atoms with Crippen LogP contribution in [0.2, 0.25) is 0 Å². The molecule has 14 heavy (non-hydrogen) atoms. The molecule has 1 saturated carbocycles. The number of nitrogens with zero attached hydrogens (tertiary/aromatic N) is 3. The summed E-state index contributed by atoms with van der Waals surface area (Å²) < 4.78 is 0. The van der Waals surface area contributed by atoms with Gasteiger partial charge in [0.2, 0.25) is 5.28 Å². The zero-order valence-corrected chi connectivity index (χ0v) is 9.14. The van der Waals surface area contributed by atoms with Crippen molar-refractivity contribution in [1.29, 1.82) is 0 Å². The third kappa shape index (κ3) is 3.40. The first-order valence-corrected chi connectivity index (χ1v) is 5.11. The van der Waals surface area contributed by atoms with Crippen molar-refractivity contribution in [3.8, 4) is 0 Å². The molecule has 0 aromatic heterocycles. The molecule has 1 aliphatic carbocycles. The van der Waals surface area contributed by atoms with E-state index in [0.29, 0.717) is 4.97 Å². The Hall–Kier alpha value is -1.00. The van der Waals surface area contributed by atoms with Crippen LogP contribution in [-0.4, -0.2) is 30.2 Å². The molecule has 0 spiro atoms. The zero-order valence-electron chi connectivity index (χ0n) is 9.14. The van der Waals surface area contributed by atoms with Gasteiger partial charge in [-0.25, -0.2) is 0 Å². The van der Waals surface area contributed by atoms with Crippen LogP contribution in [0, 0.1) is 11.1 Å². The highest BCUT2D eigenvalue weighted by Crippen LogP contribution is 2.25. The predicted octanol–water partition coefficient (Wildman–Crippen LogP) is 1.94. The van der Waals surface area contributed by atoms with Gasteiger partial charge >= 0.3 is 0 Å². The van der Waals surface area contributed by atoms with Gasteiger partial charge in [0.25, 0.3) is 0 Å². The van der Waals surface area contributed by atoms with E-state index in [1.807, 2.05) is 0 Å². The maximum Gasteiger partial charge on any atom is 0.233 e. The predicted molar refractivity (Wildman–Crippen MR) is 52.2 cm³/mol. The van der Waals surface area contributed by atoms with Crippen molar-refractivity contribution < 1.29 is 9.81 Å². The molecule has 0 bridgehead atoms. The second-order valence-corrected chi connectivity index (χ2v) is 4.17. The molecular weight excluding hydrogens is 182 g/mol. The Balaban J connectivity index is 2.28. The standard InChI is InChI=1S/C9H19N3O2/c1-8-4-6-9(7-5-8)14-10-12(13)11(2)3/h8-9H,4-7H2,1-3H3/b12-10-. The Morgan fingerprint density at radius 2 is 1.86 bits per heavy atom. The van der Waals surface area contributed by atoms with Crippen molar-refractivity contribution >= 4 is 0 Å². The first-order valence-electron chi connectivity index (χ1n) is 5.11. The monoisotopic (exact) mass is 201 g/mol. The summed E-state index contributed by atoms with van der Waals surface area (Å²) in [4.78, 5) is 5.61. The van der Waals surface area contributed by atoms with Crippen LogP contribution in [0.4, 0.5) is 0 Å². The molecule has 0 N–H and O–H groups in total. The van der Waals surface area contributed by atoms with E-state index >= 15 is 0 Å². The molecule has 5 heteroatoms. The van der Waals surface area contributed by atoms with Gasteiger partial charge in [-0.2, -0.15) is 5.01 Å². The molecule has 0 radical (unpaired) electrons. The highest BCUT2D eigenvalue weighted by Gasteiger charge is 2.20. The first-order chi connectivity index (χ1) is 6.59. The van der Waals surface area contributed by atoms with Gasteiger partial charge in [0.1, 0.15) is 6.10 Å². The Morgan fingerprint density at radius 1 is 1.29 bits per heavy atom. The number of hydrogen-bond donors (Lipinski definition) is 0. The number of hydrazine groups is 1. The van der Waals surface area contributed by atoms with Gasteiger partial charge in [0.05, 0.1) is 19.1 Å². The summed E-state index contributed by atoms with van der Waals surface area (Å²) in [6.07, 6.45) is 4.47. The SMILES string of the molecule is CC1CCC(O/N=[N+](\[O-])N(C)C)CC1.